The molecule has 0 aliphatic heterocycles. The van der Waals surface area contributed by atoms with Crippen LogP contribution in [0.25, 0.3) is 0 Å². The fourth-order valence-corrected chi connectivity index (χ4v) is 5.81. The number of hydrogen-bond acceptors (Lipinski definition) is 3. The minimum absolute atomic E-state index is 0.0155. The largest absolute Gasteiger partial charge is 0.481 e. The molecule has 0 rings (SSSR count). The Bertz CT molecular complexity index is 850. The van der Waals surface area contributed by atoms with Gasteiger partial charge in [-0.1, -0.05) is 171 Å². The van der Waals surface area contributed by atoms with Crippen LogP contribution in [-0.4, -0.2) is 23.1 Å². The highest BCUT2D eigenvalue weighted by molar-refractivity contribution is 5.69. The molecule has 276 valence electrons. The molecule has 4 heteroatoms. The van der Waals surface area contributed by atoms with Crippen LogP contribution in [0.1, 0.15) is 200 Å². The molecular formula is C44H76O4. The summed E-state index contributed by atoms with van der Waals surface area (Å²) in [6, 6.07) is 0. The van der Waals surface area contributed by atoms with E-state index in [1.54, 1.807) is 0 Å². The van der Waals surface area contributed by atoms with Gasteiger partial charge in [-0.25, -0.2) is 0 Å². The first kappa shape index (κ1) is 45.6. The van der Waals surface area contributed by atoms with Gasteiger partial charge in [0.15, 0.2) is 0 Å². The van der Waals surface area contributed by atoms with Crippen molar-refractivity contribution in [2.24, 2.45) is 0 Å². The summed E-state index contributed by atoms with van der Waals surface area (Å²) in [6.45, 7) is 4.42. The zero-order valence-electron chi connectivity index (χ0n) is 31.5. The van der Waals surface area contributed by atoms with Crippen molar-refractivity contribution in [3.05, 3.63) is 60.8 Å². The van der Waals surface area contributed by atoms with Gasteiger partial charge in [-0.3, -0.25) is 9.59 Å². The predicted molar refractivity (Wildman–Crippen MR) is 208 cm³/mol. The number of carbonyl (C=O) groups is 2. The number of esters is 1. The molecule has 0 aliphatic rings. The Morgan fingerprint density at radius 1 is 0.479 bits per heavy atom. The summed E-state index contributed by atoms with van der Waals surface area (Å²) in [6.07, 6.45) is 54.0. The third-order valence-corrected chi connectivity index (χ3v) is 8.75. The molecule has 0 heterocycles. The monoisotopic (exact) mass is 669 g/mol. The standard InChI is InChI=1S/C44H76O4/c1-3-5-7-9-11-12-13-14-15-16-17-18-22-25-29-33-37-41-44(47)48-42(38-34-30-26-10-8-6-4-2)39-35-31-27-23-20-19-21-24-28-32-36-40-43(45)46/h5,7,11-12,14-15,17-18,25,29,42H,3-4,6,8-10,13,16,19-24,26-28,30-41H2,1-2H3,(H,45,46)/b7-5-,12-11-,15-14-,18-17-,29-25-. The first-order valence-corrected chi connectivity index (χ1v) is 20.3. The van der Waals surface area contributed by atoms with E-state index in [-0.39, 0.29) is 12.1 Å². The second kappa shape index (κ2) is 39.1. The number of hydrogen-bond donors (Lipinski definition) is 1. The molecule has 0 bridgehead atoms. The first-order valence-electron chi connectivity index (χ1n) is 20.3. The van der Waals surface area contributed by atoms with Crippen molar-refractivity contribution in [1.29, 1.82) is 0 Å². The van der Waals surface area contributed by atoms with Crippen LogP contribution in [-0.2, 0) is 14.3 Å². The molecule has 1 N–H and O–H groups in total. The molecule has 0 saturated heterocycles. The average molecular weight is 669 g/mol. The minimum atomic E-state index is -0.676. The summed E-state index contributed by atoms with van der Waals surface area (Å²) < 4.78 is 6.02. The van der Waals surface area contributed by atoms with E-state index >= 15 is 0 Å². The van der Waals surface area contributed by atoms with Gasteiger partial charge in [0.1, 0.15) is 6.10 Å². The molecule has 0 aromatic rings. The third kappa shape index (κ3) is 38.1. The van der Waals surface area contributed by atoms with Gasteiger partial charge in [-0.05, 0) is 77.0 Å². The Balaban J connectivity index is 4.12. The SMILES string of the molecule is CC/C=C\C/C=C\C/C=C\C/C=C\C/C=C\CCCC(=O)OC(CCCCCCCCC)CCCCCCCCCCCCCC(=O)O. The number of aliphatic carboxylic acids is 1. The maximum absolute atomic E-state index is 12.7. The molecule has 0 spiro atoms. The van der Waals surface area contributed by atoms with Crippen molar-refractivity contribution in [3.63, 3.8) is 0 Å². The highest BCUT2D eigenvalue weighted by Crippen LogP contribution is 2.19. The van der Waals surface area contributed by atoms with E-state index in [4.69, 9.17) is 9.84 Å². The van der Waals surface area contributed by atoms with Crippen molar-refractivity contribution >= 4 is 11.9 Å². The summed E-state index contributed by atoms with van der Waals surface area (Å²) in [5.41, 5.74) is 0. The number of allylic oxidation sites excluding steroid dienone is 10. The van der Waals surface area contributed by atoms with Crippen molar-refractivity contribution in [3.8, 4) is 0 Å². The Morgan fingerprint density at radius 3 is 1.31 bits per heavy atom. The van der Waals surface area contributed by atoms with Crippen LogP contribution in [0.4, 0.5) is 0 Å². The highest BCUT2D eigenvalue weighted by atomic mass is 16.5. The van der Waals surface area contributed by atoms with Gasteiger partial charge in [0.25, 0.3) is 0 Å². The van der Waals surface area contributed by atoms with Crippen LogP contribution in [0.3, 0.4) is 0 Å². The molecule has 0 saturated carbocycles. The lowest BCUT2D eigenvalue weighted by molar-refractivity contribution is -0.150. The first-order chi connectivity index (χ1) is 23.6. The fourth-order valence-electron chi connectivity index (χ4n) is 5.81. The van der Waals surface area contributed by atoms with Gasteiger partial charge in [-0.15, -0.1) is 0 Å². The van der Waals surface area contributed by atoms with Crippen LogP contribution in [0.15, 0.2) is 60.8 Å². The maximum Gasteiger partial charge on any atom is 0.306 e. The zero-order chi connectivity index (χ0) is 35.0. The van der Waals surface area contributed by atoms with Gasteiger partial charge >= 0.3 is 11.9 Å². The lowest BCUT2D eigenvalue weighted by Gasteiger charge is -2.18. The summed E-state index contributed by atoms with van der Waals surface area (Å²) in [7, 11) is 0. The van der Waals surface area contributed by atoms with Crippen LogP contribution in [0.2, 0.25) is 0 Å². The fraction of sp³-hybridized carbons (Fsp3) is 0.727. The number of carbonyl (C=O) groups excluding carboxylic acids is 1. The Morgan fingerprint density at radius 2 is 0.875 bits per heavy atom. The predicted octanol–water partition coefficient (Wildman–Crippen LogP) is 14.1. The van der Waals surface area contributed by atoms with E-state index in [1.165, 1.54) is 89.9 Å². The number of rotatable bonds is 36. The van der Waals surface area contributed by atoms with Crippen LogP contribution < -0.4 is 0 Å². The van der Waals surface area contributed by atoms with Gasteiger partial charge in [0.2, 0.25) is 0 Å². The molecule has 0 aromatic carbocycles. The molecule has 0 aliphatic carbocycles. The third-order valence-electron chi connectivity index (χ3n) is 8.75. The maximum atomic E-state index is 12.7. The van der Waals surface area contributed by atoms with Gasteiger partial charge in [-0.2, -0.15) is 0 Å². The summed E-state index contributed by atoms with van der Waals surface area (Å²) in [5.74, 6) is -0.691. The number of ether oxygens (including phenoxy) is 1. The molecule has 4 nitrogen and oxygen atoms in total. The second-order valence-electron chi connectivity index (χ2n) is 13.4. The van der Waals surface area contributed by atoms with Crippen LogP contribution >= 0.6 is 0 Å². The van der Waals surface area contributed by atoms with Crippen molar-refractivity contribution in [2.45, 2.75) is 206 Å². The van der Waals surface area contributed by atoms with E-state index in [1.807, 2.05) is 0 Å². The minimum Gasteiger partial charge on any atom is -0.481 e. The smallest absolute Gasteiger partial charge is 0.306 e. The second-order valence-corrected chi connectivity index (χ2v) is 13.4. The quantitative estimate of drug-likeness (QED) is 0.0410. The topological polar surface area (TPSA) is 63.6 Å². The molecule has 48 heavy (non-hydrogen) atoms. The molecule has 0 fully saturated rings. The molecule has 1 atom stereocenters. The molecule has 0 aromatic heterocycles. The number of carboxylic acid groups (broad SMARTS) is 1. The van der Waals surface area contributed by atoms with Crippen LogP contribution in [0, 0.1) is 0 Å². The summed E-state index contributed by atoms with van der Waals surface area (Å²) in [5, 5.41) is 8.71. The van der Waals surface area contributed by atoms with Crippen LogP contribution in [0.5, 0.6) is 0 Å². The van der Waals surface area contributed by atoms with Crippen molar-refractivity contribution in [1.82, 2.24) is 0 Å². The Hall–Kier alpha value is -2.36. The van der Waals surface area contributed by atoms with Gasteiger partial charge in [0, 0.05) is 12.8 Å². The van der Waals surface area contributed by atoms with E-state index < -0.39 is 5.97 Å². The summed E-state index contributed by atoms with van der Waals surface area (Å²) >= 11 is 0. The van der Waals surface area contributed by atoms with Gasteiger partial charge in [0.05, 0.1) is 0 Å². The normalized spacial score (nSPS) is 12.9. The van der Waals surface area contributed by atoms with E-state index in [2.05, 4.69) is 74.6 Å². The van der Waals surface area contributed by atoms with Crippen molar-refractivity contribution in [2.75, 3.05) is 0 Å². The molecular weight excluding hydrogens is 592 g/mol. The number of unbranched alkanes of at least 4 members (excludes halogenated alkanes) is 17. The Kier molecular flexibility index (Phi) is 37.2. The van der Waals surface area contributed by atoms with E-state index in [9.17, 15) is 9.59 Å². The van der Waals surface area contributed by atoms with Gasteiger partial charge < -0.3 is 9.84 Å². The lowest BCUT2D eigenvalue weighted by Crippen LogP contribution is -2.18. The van der Waals surface area contributed by atoms with E-state index in [0.29, 0.717) is 12.8 Å². The lowest BCUT2D eigenvalue weighted by atomic mass is 10.0. The van der Waals surface area contributed by atoms with E-state index in [0.717, 1.165) is 83.5 Å². The average Bonchev–Trinajstić information content (AvgIpc) is 3.07. The number of carboxylic acids is 1. The zero-order valence-corrected chi connectivity index (χ0v) is 31.5. The molecule has 0 amide bonds. The molecule has 1 unspecified atom stereocenters. The molecule has 0 radical (unpaired) electrons. The van der Waals surface area contributed by atoms with Crippen molar-refractivity contribution < 1.29 is 19.4 Å². The Labute approximate surface area is 297 Å². The highest BCUT2D eigenvalue weighted by Gasteiger charge is 2.14. The summed E-state index contributed by atoms with van der Waals surface area (Å²) in [4.78, 5) is 23.2.